The molecule has 0 amide bonds. The monoisotopic (exact) mass is 279 g/mol. The fourth-order valence-corrected chi connectivity index (χ4v) is 3.44. The first kappa shape index (κ1) is 15.2. The van der Waals surface area contributed by atoms with E-state index in [-0.39, 0.29) is 30.6 Å². The molecule has 1 fully saturated rings. The van der Waals surface area contributed by atoms with Crippen molar-refractivity contribution in [2.45, 2.75) is 31.7 Å². The molecule has 1 rings (SSSR count). The van der Waals surface area contributed by atoms with Gasteiger partial charge in [-0.25, -0.2) is 8.42 Å². The average Bonchev–Trinajstić information content (AvgIpc) is 3.13. The number of hydrogen-bond donors (Lipinski definition) is 2. The third kappa shape index (κ3) is 4.79. The Morgan fingerprint density at radius 3 is 2.72 bits per heavy atom. The molecule has 0 aliphatic heterocycles. The van der Waals surface area contributed by atoms with Gasteiger partial charge in [0.15, 0.2) is 0 Å². The van der Waals surface area contributed by atoms with Crippen LogP contribution in [0.15, 0.2) is 5.16 Å². The fraction of sp³-hybridized carbons (Fsp3) is 0.900. The SMILES string of the molecule is COCCCS(=O)(=O)N(CCC(N)=NO)C1CC1. The van der Waals surface area contributed by atoms with Gasteiger partial charge < -0.3 is 15.7 Å². The number of sulfonamides is 1. The van der Waals surface area contributed by atoms with Crippen molar-refractivity contribution in [1.82, 2.24) is 4.31 Å². The molecule has 0 saturated heterocycles. The lowest BCUT2D eigenvalue weighted by atomic mass is 10.4. The van der Waals surface area contributed by atoms with E-state index in [1.807, 2.05) is 0 Å². The molecule has 3 N–H and O–H groups in total. The van der Waals surface area contributed by atoms with E-state index in [2.05, 4.69) is 5.16 Å². The molecule has 8 heteroatoms. The Labute approximate surface area is 108 Å². The maximum atomic E-state index is 12.1. The van der Waals surface area contributed by atoms with E-state index in [0.717, 1.165) is 12.8 Å². The summed E-state index contributed by atoms with van der Waals surface area (Å²) in [4.78, 5) is 0. The van der Waals surface area contributed by atoms with Gasteiger partial charge in [-0.05, 0) is 19.3 Å². The van der Waals surface area contributed by atoms with Gasteiger partial charge in [-0.1, -0.05) is 5.16 Å². The smallest absolute Gasteiger partial charge is 0.214 e. The van der Waals surface area contributed by atoms with Crippen LogP contribution in [0.4, 0.5) is 0 Å². The summed E-state index contributed by atoms with van der Waals surface area (Å²) in [5.41, 5.74) is 5.37. The molecule has 0 heterocycles. The van der Waals surface area contributed by atoms with Gasteiger partial charge in [-0.15, -0.1) is 0 Å². The first-order valence-corrected chi connectivity index (χ1v) is 7.57. The summed E-state index contributed by atoms with van der Waals surface area (Å²) in [5.74, 6) is 0.126. The van der Waals surface area contributed by atoms with Crippen LogP contribution in [0.2, 0.25) is 0 Å². The number of methoxy groups -OCH3 is 1. The van der Waals surface area contributed by atoms with E-state index >= 15 is 0 Å². The standard InChI is InChI=1S/C10H21N3O4S/c1-17-7-2-8-18(15,16)13(9-3-4-9)6-5-10(11)12-14/h9,14H,2-8H2,1H3,(H2,11,12). The molecule has 0 bridgehead atoms. The van der Waals surface area contributed by atoms with Crippen LogP contribution < -0.4 is 5.73 Å². The maximum absolute atomic E-state index is 12.1. The minimum absolute atomic E-state index is 0.0488. The lowest BCUT2D eigenvalue weighted by molar-refractivity contribution is 0.199. The lowest BCUT2D eigenvalue weighted by Crippen LogP contribution is -2.37. The highest BCUT2D eigenvalue weighted by molar-refractivity contribution is 7.89. The molecule has 1 saturated carbocycles. The molecule has 0 spiro atoms. The number of nitrogens with zero attached hydrogens (tertiary/aromatic N) is 2. The quantitative estimate of drug-likeness (QED) is 0.202. The number of ether oxygens (including phenoxy) is 1. The summed E-state index contributed by atoms with van der Waals surface area (Å²) in [7, 11) is -1.73. The average molecular weight is 279 g/mol. The molecule has 0 unspecified atom stereocenters. The van der Waals surface area contributed by atoms with Crippen LogP contribution in [0.1, 0.15) is 25.7 Å². The molecule has 1 aliphatic carbocycles. The summed E-state index contributed by atoms with van der Waals surface area (Å²) in [6.45, 7) is 0.702. The number of hydrogen-bond acceptors (Lipinski definition) is 5. The second-order valence-electron chi connectivity index (χ2n) is 4.35. The predicted octanol–water partition coefficient (Wildman–Crippen LogP) is -0.0464. The van der Waals surface area contributed by atoms with Crippen LogP contribution in [0.5, 0.6) is 0 Å². The number of rotatable bonds is 9. The van der Waals surface area contributed by atoms with E-state index in [0.29, 0.717) is 13.0 Å². The summed E-state index contributed by atoms with van der Waals surface area (Å²) < 4.78 is 30.6. The van der Waals surface area contributed by atoms with Crippen molar-refractivity contribution < 1.29 is 18.4 Å². The molecule has 0 aromatic heterocycles. The van der Waals surface area contributed by atoms with Gasteiger partial charge in [0.2, 0.25) is 10.0 Å². The highest BCUT2D eigenvalue weighted by atomic mass is 32.2. The summed E-state index contributed by atoms with van der Waals surface area (Å²) in [6.07, 6.45) is 2.50. The Morgan fingerprint density at radius 2 is 2.22 bits per heavy atom. The minimum Gasteiger partial charge on any atom is -0.409 e. The van der Waals surface area contributed by atoms with Crippen molar-refractivity contribution in [3.63, 3.8) is 0 Å². The normalized spacial score (nSPS) is 17.3. The predicted molar refractivity (Wildman–Crippen MR) is 68.0 cm³/mol. The highest BCUT2D eigenvalue weighted by Gasteiger charge is 2.36. The molecule has 1 aliphatic rings. The lowest BCUT2D eigenvalue weighted by Gasteiger charge is -2.21. The molecular formula is C10H21N3O4S. The van der Waals surface area contributed by atoms with Crippen molar-refractivity contribution in [3.8, 4) is 0 Å². The van der Waals surface area contributed by atoms with E-state index in [4.69, 9.17) is 15.7 Å². The van der Waals surface area contributed by atoms with Crippen molar-refractivity contribution in [2.24, 2.45) is 10.9 Å². The Bertz CT molecular complexity index is 379. The van der Waals surface area contributed by atoms with Gasteiger partial charge >= 0.3 is 0 Å². The van der Waals surface area contributed by atoms with Crippen LogP contribution in [0.25, 0.3) is 0 Å². The Balaban J connectivity index is 2.54. The van der Waals surface area contributed by atoms with Gasteiger partial charge in [0.1, 0.15) is 5.84 Å². The van der Waals surface area contributed by atoms with E-state index in [1.54, 1.807) is 7.11 Å². The molecule has 106 valence electrons. The zero-order valence-corrected chi connectivity index (χ0v) is 11.4. The van der Waals surface area contributed by atoms with Gasteiger partial charge in [0, 0.05) is 32.7 Å². The van der Waals surface area contributed by atoms with Gasteiger partial charge in [-0.3, -0.25) is 0 Å². The zero-order valence-electron chi connectivity index (χ0n) is 10.6. The van der Waals surface area contributed by atoms with Crippen molar-refractivity contribution in [1.29, 1.82) is 0 Å². The van der Waals surface area contributed by atoms with Crippen LogP contribution >= 0.6 is 0 Å². The second-order valence-corrected chi connectivity index (χ2v) is 6.39. The number of nitrogens with two attached hydrogens (primary N) is 1. The van der Waals surface area contributed by atoms with Crippen molar-refractivity contribution in [2.75, 3.05) is 26.0 Å². The molecule has 0 atom stereocenters. The maximum Gasteiger partial charge on any atom is 0.214 e. The van der Waals surface area contributed by atoms with Crippen LogP contribution in [0, 0.1) is 0 Å². The van der Waals surface area contributed by atoms with Gasteiger partial charge in [0.25, 0.3) is 0 Å². The van der Waals surface area contributed by atoms with Gasteiger partial charge in [-0.2, -0.15) is 4.31 Å². The van der Waals surface area contributed by atoms with Crippen LogP contribution in [0.3, 0.4) is 0 Å². The summed E-state index contributed by atoms with van der Waals surface area (Å²) in [6, 6.07) is 0.0871. The molecular weight excluding hydrogens is 258 g/mol. The third-order valence-corrected chi connectivity index (χ3v) is 4.78. The Morgan fingerprint density at radius 1 is 1.56 bits per heavy atom. The van der Waals surface area contributed by atoms with Crippen LogP contribution in [-0.2, 0) is 14.8 Å². The van der Waals surface area contributed by atoms with E-state index < -0.39 is 10.0 Å². The highest BCUT2D eigenvalue weighted by Crippen LogP contribution is 2.29. The summed E-state index contributed by atoms with van der Waals surface area (Å²) >= 11 is 0. The molecule has 0 aromatic rings. The number of oxime groups is 1. The van der Waals surface area contributed by atoms with E-state index in [9.17, 15) is 8.42 Å². The molecule has 18 heavy (non-hydrogen) atoms. The summed E-state index contributed by atoms with van der Waals surface area (Å²) in [5, 5.41) is 11.3. The Hall–Kier alpha value is -0.860. The van der Waals surface area contributed by atoms with Crippen molar-refractivity contribution >= 4 is 15.9 Å². The first-order chi connectivity index (χ1) is 8.51. The van der Waals surface area contributed by atoms with Crippen LogP contribution in [-0.4, -0.2) is 55.8 Å². The minimum atomic E-state index is -3.27. The molecule has 0 aromatic carbocycles. The topological polar surface area (TPSA) is 105 Å². The third-order valence-electron chi connectivity index (χ3n) is 2.78. The molecule has 0 radical (unpaired) electrons. The van der Waals surface area contributed by atoms with Gasteiger partial charge in [0.05, 0.1) is 5.75 Å². The van der Waals surface area contributed by atoms with E-state index in [1.165, 1.54) is 4.31 Å². The largest absolute Gasteiger partial charge is 0.409 e. The van der Waals surface area contributed by atoms with Crippen molar-refractivity contribution in [3.05, 3.63) is 0 Å². The Kier molecular flexibility index (Phi) is 5.83. The second kappa shape index (κ2) is 6.91. The number of amidine groups is 1. The fourth-order valence-electron chi connectivity index (χ4n) is 1.69. The molecule has 7 nitrogen and oxygen atoms in total. The zero-order chi connectivity index (χ0) is 13.6. The first-order valence-electron chi connectivity index (χ1n) is 5.96.